The van der Waals surface area contributed by atoms with Crippen molar-refractivity contribution < 1.29 is 9.53 Å². The van der Waals surface area contributed by atoms with Crippen LogP contribution in [0.4, 0.5) is 0 Å². The van der Waals surface area contributed by atoms with Crippen LogP contribution >= 0.6 is 11.6 Å². The number of rotatable bonds is 7. The Kier molecular flexibility index (Phi) is 6.18. The average Bonchev–Trinajstić information content (AvgIpc) is 2.33. The fourth-order valence-electron chi connectivity index (χ4n) is 1.22. The van der Waals surface area contributed by atoms with Crippen molar-refractivity contribution in [3.63, 3.8) is 0 Å². The molecule has 1 aromatic carbocycles. The number of amides is 1. The molecule has 0 aromatic heterocycles. The first kappa shape index (κ1) is 13.6. The second-order valence-electron chi connectivity index (χ2n) is 3.56. The highest BCUT2D eigenvalue weighted by molar-refractivity contribution is 6.29. The van der Waals surface area contributed by atoms with Gasteiger partial charge in [0, 0.05) is 11.5 Å². The minimum atomic E-state index is -0.0385. The molecule has 3 nitrogen and oxygen atoms in total. The average molecular weight is 254 g/mol. The lowest BCUT2D eigenvalue weighted by atomic mass is 10.3. The molecule has 0 unspecified atom stereocenters. The van der Waals surface area contributed by atoms with Gasteiger partial charge in [0.1, 0.15) is 5.75 Å². The molecule has 1 amide bonds. The standard InChI is InChI=1S/C13H16ClNO2/c1-11(14)10-15-13(16)8-5-9-17-12-6-3-2-4-7-12/h2-4,6-7H,1,5,8-10H2,(H,15,16). The van der Waals surface area contributed by atoms with E-state index in [2.05, 4.69) is 11.9 Å². The number of para-hydroxylation sites is 1. The molecule has 0 aliphatic carbocycles. The molecule has 0 bridgehead atoms. The summed E-state index contributed by atoms with van der Waals surface area (Å²) in [5.74, 6) is 0.783. The van der Waals surface area contributed by atoms with E-state index in [-0.39, 0.29) is 5.91 Å². The fourth-order valence-corrected chi connectivity index (χ4v) is 1.29. The highest BCUT2D eigenvalue weighted by Gasteiger charge is 2.01. The van der Waals surface area contributed by atoms with E-state index in [4.69, 9.17) is 16.3 Å². The summed E-state index contributed by atoms with van der Waals surface area (Å²) >= 11 is 5.53. The van der Waals surface area contributed by atoms with E-state index in [9.17, 15) is 4.79 Å². The molecule has 0 radical (unpaired) electrons. The van der Waals surface area contributed by atoms with E-state index < -0.39 is 0 Å². The molecule has 1 N–H and O–H groups in total. The van der Waals surface area contributed by atoms with Crippen LogP contribution in [0.2, 0.25) is 0 Å². The molecule has 0 heterocycles. The molecule has 0 fully saturated rings. The third kappa shape index (κ3) is 6.64. The summed E-state index contributed by atoms with van der Waals surface area (Å²) in [6.45, 7) is 4.34. The molecule has 92 valence electrons. The second kappa shape index (κ2) is 7.74. The minimum absolute atomic E-state index is 0.0385. The van der Waals surface area contributed by atoms with Crippen LogP contribution in [0.1, 0.15) is 12.8 Å². The van der Waals surface area contributed by atoms with Gasteiger partial charge in [-0.15, -0.1) is 0 Å². The predicted octanol–water partition coefficient (Wildman–Crippen LogP) is 2.71. The maximum Gasteiger partial charge on any atom is 0.220 e. The zero-order valence-corrected chi connectivity index (χ0v) is 10.4. The van der Waals surface area contributed by atoms with Crippen molar-refractivity contribution in [2.24, 2.45) is 0 Å². The summed E-state index contributed by atoms with van der Waals surface area (Å²) in [5, 5.41) is 3.08. The Balaban J connectivity index is 2.08. The van der Waals surface area contributed by atoms with Crippen LogP contribution in [-0.2, 0) is 4.79 Å². The van der Waals surface area contributed by atoms with Gasteiger partial charge in [-0.05, 0) is 18.6 Å². The van der Waals surface area contributed by atoms with E-state index in [1.165, 1.54) is 0 Å². The van der Waals surface area contributed by atoms with Crippen LogP contribution in [0.25, 0.3) is 0 Å². The maximum absolute atomic E-state index is 11.3. The number of nitrogens with one attached hydrogen (secondary N) is 1. The molecule has 1 aromatic rings. The van der Waals surface area contributed by atoms with Crippen molar-refractivity contribution in [3.8, 4) is 5.75 Å². The fraction of sp³-hybridized carbons (Fsp3) is 0.308. The van der Waals surface area contributed by atoms with E-state index >= 15 is 0 Å². The molecule has 1 rings (SSSR count). The Morgan fingerprint density at radius 1 is 1.35 bits per heavy atom. The van der Waals surface area contributed by atoms with E-state index in [1.807, 2.05) is 30.3 Å². The largest absolute Gasteiger partial charge is 0.494 e. The number of benzene rings is 1. The van der Waals surface area contributed by atoms with Crippen LogP contribution in [-0.4, -0.2) is 19.1 Å². The van der Waals surface area contributed by atoms with Gasteiger partial charge in [-0.1, -0.05) is 36.4 Å². The first-order chi connectivity index (χ1) is 8.18. The van der Waals surface area contributed by atoms with Gasteiger partial charge in [-0.3, -0.25) is 4.79 Å². The van der Waals surface area contributed by atoms with Gasteiger partial charge in [-0.25, -0.2) is 0 Å². The lowest BCUT2D eigenvalue weighted by Gasteiger charge is -2.06. The number of halogens is 1. The first-order valence-corrected chi connectivity index (χ1v) is 5.84. The number of carbonyl (C=O) groups is 1. The van der Waals surface area contributed by atoms with Crippen LogP contribution in [0.3, 0.4) is 0 Å². The Morgan fingerprint density at radius 2 is 2.06 bits per heavy atom. The summed E-state index contributed by atoms with van der Waals surface area (Å²) in [4.78, 5) is 11.3. The van der Waals surface area contributed by atoms with Crippen molar-refractivity contribution in [2.75, 3.05) is 13.2 Å². The van der Waals surface area contributed by atoms with Crippen LogP contribution in [0, 0.1) is 0 Å². The van der Waals surface area contributed by atoms with E-state index in [0.29, 0.717) is 31.0 Å². The molecule has 0 aliphatic rings. The topological polar surface area (TPSA) is 38.3 Å². The number of ether oxygens (including phenoxy) is 1. The third-order valence-electron chi connectivity index (χ3n) is 2.04. The predicted molar refractivity (Wildman–Crippen MR) is 69.2 cm³/mol. The lowest BCUT2D eigenvalue weighted by molar-refractivity contribution is -0.121. The van der Waals surface area contributed by atoms with Gasteiger partial charge in [-0.2, -0.15) is 0 Å². The summed E-state index contributed by atoms with van der Waals surface area (Å²) in [6, 6.07) is 9.52. The van der Waals surface area contributed by atoms with Gasteiger partial charge in [0.2, 0.25) is 5.91 Å². The highest BCUT2D eigenvalue weighted by atomic mass is 35.5. The van der Waals surface area contributed by atoms with Crippen LogP contribution < -0.4 is 10.1 Å². The van der Waals surface area contributed by atoms with Gasteiger partial charge in [0.15, 0.2) is 0 Å². The quantitative estimate of drug-likeness (QED) is 0.759. The molecule has 17 heavy (non-hydrogen) atoms. The smallest absolute Gasteiger partial charge is 0.220 e. The first-order valence-electron chi connectivity index (χ1n) is 5.46. The Bertz CT molecular complexity index is 365. The third-order valence-corrected chi connectivity index (χ3v) is 2.17. The molecule has 0 atom stereocenters. The molecular weight excluding hydrogens is 238 g/mol. The van der Waals surface area contributed by atoms with Crippen molar-refractivity contribution in [1.82, 2.24) is 5.32 Å². The zero-order valence-electron chi connectivity index (χ0n) is 9.62. The van der Waals surface area contributed by atoms with Gasteiger partial charge < -0.3 is 10.1 Å². The van der Waals surface area contributed by atoms with Crippen molar-refractivity contribution in [3.05, 3.63) is 41.9 Å². The van der Waals surface area contributed by atoms with Crippen LogP contribution in [0.15, 0.2) is 41.9 Å². The number of carbonyl (C=O) groups excluding carboxylic acids is 1. The normalized spacial score (nSPS) is 9.71. The van der Waals surface area contributed by atoms with E-state index in [1.54, 1.807) is 0 Å². The van der Waals surface area contributed by atoms with Gasteiger partial charge >= 0.3 is 0 Å². The Hall–Kier alpha value is -1.48. The van der Waals surface area contributed by atoms with Crippen LogP contribution in [0.5, 0.6) is 5.75 Å². The van der Waals surface area contributed by atoms with Crippen molar-refractivity contribution in [1.29, 1.82) is 0 Å². The Morgan fingerprint density at radius 3 is 2.71 bits per heavy atom. The summed E-state index contributed by atoms with van der Waals surface area (Å²) in [7, 11) is 0. The molecule has 0 spiro atoms. The minimum Gasteiger partial charge on any atom is -0.494 e. The highest BCUT2D eigenvalue weighted by Crippen LogP contribution is 2.08. The summed E-state index contributed by atoms with van der Waals surface area (Å²) < 4.78 is 5.46. The van der Waals surface area contributed by atoms with Crippen molar-refractivity contribution >= 4 is 17.5 Å². The van der Waals surface area contributed by atoms with Gasteiger partial charge in [0.05, 0.1) is 13.2 Å². The SMILES string of the molecule is C=C(Cl)CNC(=O)CCCOc1ccccc1. The molecule has 0 saturated carbocycles. The summed E-state index contributed by atoms with van der Waals surface area (Å²) in [5.41, 5.74) is 0. The molecule has 0 saturated heterocycles. The second-order valence-corrected chi connectivity index (χ2v) is 4.09. The van der Waals surface area contributed by atoms with Gasteiger partial charge in [0.25, 0.3) is 0 Å². The lowest BCUT2D eigenvalue weighted by Crippen LogP contribution is -2.24. The summed E-state index contributed by atoms with van der Waals surface area (Å²) in [6.07, 6.45) is 1.10. The number of hydrogen-bond donors (Lipinski definition) is 1. The van der Waals surface area contributed by atoms with Crippen molar-refractivity contribution in [2.45, 2.75) is 12.8 Å². The zero-order chi connectivity index (χ0) is 12.5. The molecule has 4 heteroatoms. The Labute approximate surface area is 106 Å². The molecule has 0 aliphatic heterocycles. The van der Waals surface area contributed by atoms with E-state index in [0.717, 1.165) is 5.75 Å². The number of hydrogen-bond acceptors (Lipinski definition) is 2. The maximum atomic E-state index is 11.3. The monoisotopic (exact) mass is 253 g/mol. The molecular formula is C13H16ClNO2.